The third-order valence-corrected chi connectivity index (χ3v) is 14.7. The molecule has 0 fully saturated rings. The van der Waals surface area contributed by atoms with E-state index in [1.165, 1.54) is 49.9 Å². The highest BCUT2D eigenvalue weighted by molar-refractivity contribution is 7.67. The highest BCUT2D eigenvalue weighted by Crippen LogP contribution is 2.52. The predicted octanol–water partition coefficient (Wildman–Crippen LogP) is 12.3. The van der Waals surface area contributed by atoms with E-state index in [1.807, 2.05) is 0 Å². The monoisotopic (exact) mass is 629 g/mol. The average Bonchev–Trinajstić information content (AvgIpc) is 3.03. The molecule has 0 aliphatic heterocycles. The van der Waals surface area contributed by atoms with E-state index in [0.717, 1.165) is 0 Å². The maximum absolute atomic E-state index is 2.59. The zero-order chi connectivity index (χ0) is 32.1. The van der Waals surface area contributed by atoms with Crippen molar-refractivity contribution in [2.75, 3.05) is 4.90 Å². The smallest absolute Gasteiger partial charge is 0.0539 e. The minimum Gasteiger partial charge on any atom is -0.309 e. The highest BCUT2D eigenvalue weighted by Gasteiger charge is 2.30. The van der Waals surface area contributed by atoms with Gasteiger partial charge in [-0.15, -0.1) is 0 Å². The largest absolute Gasteiger partial charge is 0.309 e. The lowest BCUT2D eigenvalue weighted by Crippen LogP contribution is -2.27. The van der Waals surface area contributed by atoms with E-state index in [1.54, 1.807) is 0 Å². The summed E-state index contributed by atoms with van der Waals surface area (Å²) in [6, 6.07) is 47.3. The van der Waals surface area contributed by atoms with Crippen LogP contribution in [0.5, 0.6) is 0 Å². The molecule has 0 N–H and O–H groups in total. The number of hydrogen-bond acceptors (Lipinski definition) is 1. The predicted molar refractivity (Wildman–Crippen MR) is 206 cm³/mol. The summed E-state index contributed by atoms with van der Waals surface area (Å²) in [5.74, 6) is 0. The summed E-state index contributed by atoms with van der Waals surface area (Å²) in [5, 5.41) is 2.97. The molecule has 0 bridgehead atoms. The van der Waals surface area contributed by atoms with E-state index in [9.17, 15) is 0 Å². The lowest BCUT2D eigenvalue weighted by atomic mass is 10.0. The van der Waals surface area contributed by atoms with E-state index >= 15 is 0 Å². The van der Waals surface area contributed by atoms with Gasteiger partial charge in [0.05, 0.1) is 11.4 Å². The molecule has 0 atom stereocenters. The van der Waals surface area contributed by atoms with Crippen molar-refractivity contribution in [1.82, 2.24) is 0 Å². The summed E-state index contributed by atoms with van der Waals surface area (Å²) >= 11 is 0. The van der Waals surface area contributed by atoms with Gasteiger partial charge in [0.2, 0.25) is 0 Å². The second kappa shape index (κ2) is 14.9. The molecule has 0 saturated heterocycles. The van der Waals surface area contributed by atoms with Crippen LogP contribution >= 0.6 is 15.8 Å². The van der Waals surface area contributed by atoms with E-state index < -0.39 is 15.8 Å². The Morgan fingerprint density at radius 1 is 0.378 bits per heavy atom. The maximum Gasteiger partial charge on any atom is 0.0539 e. The Bertz CT molecular complexity index is 1540. The van der Waals surface area contributed by atoms with Gasteiger partial charge in [-0.05, 0) is 81.3 Å². The Morgan fingerprint density at radius 2 is 0.711 bits per heavy atom. The van der Waals surface area contributed by atoms with Gasteiger partial charge in [-0.3, -0.25) is 0 Å². The Morgan fingerprint density at radius 3 is 1.04 bits per heavy atom. The van der Waals surface area contributed by atoms with Gasteiger partial charge in [0, 0.05) is 16.3 Å². The van der Waals surface area contributed by atoms with Gasteiger partial charge in [0.15, 0.2) is 0 Å². The van der Waals surface area contributed by atoms with Gasteiger partial charge in [-0.25, -0.2) is 0 Å². The number of anilines is 3. The first kappa shape index (κ1) is 33.1. The van der Waals surface area contributed by atoms with Crippen molar-refractivity contribution in [2.45, 2.75) is 78.0 Å². The van der Waals surface area contributed by atoms with Crippen LogP contribution in [-0.4, -0.2) is 22.6 Å². The van der Waals surface area contributed by atoms with Crippen LogP contribution in [-0.2, 0) is 0 Å². The Labute approximate surface area is 275 Å². The molecule has 3 heteroatoms. The van der Waals surface area contributed by atoms with Crippen LogP contribution in [0, 0.1) is 0 Å². The quantitative estimate of drug-likeness (QED) is 0.131. The molecule has 232 valence electrons. The summed E-state index contributed by atoms with van der Waals surface area (Å²) < 4.78 is 0. The van der Waals surface area contributed by atoms with Crippen molar-refractivity contribution in [3.63, 3.8) is 0 Å². The Hall–Kier alpha value is -3.24. The molecular formula is C42H49NP2. The normalized spacial score (nSPS) is 11.9. The summed E-state index contributed by atoms with van der Waals surface area (Å²) in [5.41, 5.74) is 11.2. The molecule has 0 aliphatic rings. The Balaban J connectivity index is 1.83. The molecule has 5 aromatic carbocycles. The topological polar surface area (TPSA) is 3.24 Å². The molecule has 0 radical (unpaired) electrons. The second-order valence-electron chi connectivity index (χ2n) is 13.0. The SMILES string of the molecule is CC(C)P(c1cc(-c2ccccc2)ccc1N(c1ccccc1)c1ccc(-c2ccccc2)cc1P(C(C)C)C(C)C)C(C)C. The summed E-state index contributed by atoms with van der Waals surface area (Å²) in [6.07, 6.45) is 0. The maximum atomic E-state index is 2.59. The zero-order valence-electron chi connectivity index (χ0n) is 28.3. The molecule has 0 aromatic heterocycles. The van der Waals surface area contributed by atoms with Crippen molar-refractivity contribution in [1.29, 1.82) is 0 Å². The standard InChI is InChI=1S/C42H49NP2/c1-30(2)44(31(3)4)41-28-36(34-18-12-9-13-19-34)24-26-39(41)43(38-22-16-11-17-23-38)40-27-25-37(35-20-14-10-15-21-35)29-42(40)45(32(5)6)33(7)8/h9-33H,1-8H3. The molecule has 0 heterocycles. The molecule has 5 aromatic rings. The minimum atomic E-state index is -0.443. The molecule has 1 nitrogen and oxygen atoms in total. The fraction of sp³-hybridized carbons (Fsp3) is 0.286. The first-order valence-electron chi connectivity index (χ1n) is 16.5. The van der Waals surface area contributed by atoms with Crippen molar-refractivity contribution >= 4 is 43.5 Å². The number of para-hydroxylation sites is 1. The van der Waals surface area contributed by atoms with Crippen LogP contribution in [0.3, 0.4) is 0 Å². The van der Waals surface area contributed by atoms with Crippen molar-refractivity contribution in [2.24, 2.45) is 0 Å². The second-order valence-corrected chi connectivity index (χ2v) is 19.7. The molecule has 0 spiro atoms. The van der Waals surface area contributed by atoms with Crippen LogP contribution in [0.25, 0.3) is 22.3 Å². The van der Waals surface area contributed by atoms with Crippen LogP contribution in [0.4, 0.5) is 17.1 Å². The number of benzene rings is 5. The number of hydrogen-bond donors (Lipinski definition) is 0. The Kier molecular flexibility index (Phi) is 11.0. The van der Waals surface area contributed by atoms with Crippen LogP contribution < -0.4 is 15.5 Å². The fourth-order valence-electron chi connectivity index (χ4n) is 6.75. The van der Waals surface area contributed by atoms with Gasteiger partial charge in [0.1, 0.15) is 0 Å². The van der Waals surface area contributed by atoms with E-state index in [-0.39, 0.29) is 0 Å². The molecule has 0 aliphatic carbocycles. The number of nitrogens with zero attached hydrogens (tertiary/aromatic N) is 1. The van der Waals surface area contributed by atoms with Crippen LogP contribution in [0.2, 0.25) is 0 Å². The van der Waals surface area contributed by atoms with Gasteiger partial charge in [-0.2, -0.15) is 0 Å². The molecule has 0 amide bonds. The molecular weight excluding hydrogens is 580 g/mol. The van der Waals surface area contributed by atoms with Gasteiger partial charge < -0.3 is 4.90 Å². The lowest BCUT2D eigenvalue weighted by Gasteiger charge is -2.37. The zero-order valence-corrected chi connectivity index (χ0v) is 30.1. The first-order chi connectivity index (χ1) is 21.7. The van der Waals surface area contributed by atoms with Gasteiger partial charge in [-0.1, -0.05) is 162 Å². The van der Waals surface area contributed by atoms with Crippen molar-refractivity contribution in [3.05, 3.63) is 127 Å². The van der Waals surface area contributed by atoms with Crippen molar-refractivity contribution in [3.8, 4) is 22.3 Å². The fourth-order valence-corrected chi connectivity index (χ4v) is 12.8. The first-order valence-corrected chi connectivity index (χ1v) is 19.4. The average molecular weight is 630 g/mol. The van der Waals surface area contributed by atoms with E-state index in [0.29, 0.717) is 22.6 Å². The van der Waals surface area contributed by atoms with E-state index in [4.69, 9.17) is 0 Å². The van der Waals surface area contributed by atoms with Crippen LogP contribution in [0.1, 0.15) is 55.4 Å². The minimum absolute atomic E-state index is 0.443. The van der Waals surface area contributed by atoms with Gasteiger partial charge >= 0.3 is 0 Å². The third kappa shape index (κ3) is 7.43. The van der Waals surface area contributed by atoms with Gasteiger partial charge in [0.25, 0.3) is 0 Å². The van der Waals surface area contributed by atoms with E-state index in [2.05, 4.69) is 188 Å². The highest BCUT2D eigenvalue weighted by atomic mass is 31.1. The number of rotatable bonds is 11. The van der Waals surface area contributed by atoms with Crippen molar-refractivity contribution < 1.29 is 0 Å². The molecule has 5 rings (SSSR count). The molecule has 45 heavy (non-hydrogen) atoms. The van der Waals surface area contributed by atoms with Crippen LogP contribution in [0.15, 0.2) is 127 Å². The summed E-state index contributed by atoms with van der Waals surface area (Å²) in [4.78, 5) is 2.59. The lowest BCUT2D eigenvalue weighted by molar-refractivity contribution is 1.02. The summed E-state index contributed by atoms with van der Waals surface area (Å²) in [6.45, 7) is 19.3. The summed E-state index contributed by atoms with van der Waals surface area (Å²) in [7, 11) is -0.886. The molecule has 0 saturated carbocycles. The molecule has 0 unspecified atom stereocenters. The third-order valence-electron chi connectivity index (χ3n) is 8.44.